The lowest BCUT2D eigenvalue weighted by Crippen LogP contribution is -2.31. The van der Waals surface area contributed by atoms with Crippen molar-refractivity contribution in [1.29, 1.82) is 0 Å². The van der Waals surface area contributed by atoms with Crippen LogP contribution >= 0.6 is 0 Å². The largest absolute Gasteiger partial charge is 0.453 e. The molecule has 12 aromatic rings. The maximum Gasteiger partial charge on any atom is 0.411 e. The smallest absolute Gasteiger partial charge is 0.411 e. The Hall–Kier alpha value is -12.8. The number of benzene rings is 6. The highest BCUT2D eigenvalue weighted by molar-refractivity contribution is 5.99. The van der Waals surface area contributed by atoms with Crippen molar-refractivity contribution in [1.82, 2.24) is 69.5 Å². The van der Waals surface area contributed by atoms with Crippen molar-refractivity contribution >= 4 is 103 Å². The first kappa shape index (κ1) is 66.2. The van der Waals surface area contributed by atoms with Gasteiger partial charge in [0.25, 0.3) is 0 Å². The highest BCUT2D eigenvalue weighted by Gasteiger charge is 2.29. The number of rotatable bonds is 14. The van der Waals surface area contributed by atoms with E-state index < -0.39 is 47.0 Å². The number of carbonyl (C=O) groups is 3. The number of fused-ring (bicyclic) bond motifs is 3. The molecule has 0 spiro atoms. The van der Waals surface area contributed by atoms with Gasteiger partial charge in [0, 0.05) is 64.9 Å². The van der Waals surface area contributed by atoms with Crippen molar-refractivity contribution in [3.05, 3.63) is 179 Å². The molecule has 0 radical (unpaired) electrons. The molecule has 1 aliphatic carbocycles. The van der Waals surface area contributed by atoms with E-state index in [0.29, 0.717) is 51.6 Å². The van der Waals surface area contributed by atoms with Gasteiger partial charge in [-0.3, -0.25) is 24.2 Å². The monoisotopic (exact) mass is 1350 g/mol. The molecule has 506 valence electrons. The van der Waals surface area contributed by atoms with Crippen LogP contribution in [0.4, 0.5) is 87.9 Å². The van der Waals surface area contributed by atoms with Crippen molar-refractivity contribution < 1.29 is 45.5 Å². The number of urea groups is 1. The number of para-hydroxylation sites is 3. The van der Waals surface area contributed by atoms with Crippen LogP contribution in [0.25, 0.3) is 67.3 Å². The number of hydrogen-bond acceptors (Lipinski definition) is 20. The van der Waals surface area contributed by atoms with Gasteiger partial charge in [-0.1, -0.05) is 91.0 Å². The topological polar surface area (TPSA) is 399 Å². The van der Waals surface area contributed by atoms with Crippen LogP contribution in [0.2, 0.25) is 0 Å². The number of anilines is 9. The number of nitrogens with one attached hydrogen (secondary N) is 4. The second kappa shape index (κ2) is 27.9. The Bertz CT molecular complexity index is 5050. The molecule has 1 aliphatic heterocycles. The Labute approximate surface area is 557 Å². The predicted molar refractivity (Wildman–Crippen MR) is 361 cm³/mol. The van der Waals surface area contributed by atoms with Gasteiger partial charge in [-0.25, -0.2) is 65.8 Å². The van der Waals surface area contributed by atoms with E-state index >= 15 is 0 Å². The summed E-state index contributed by atoms with van der Waals surface area (Å²) in [6, 6.07) is 31.7. The van der Waals surface area contributed by atoms with E-state index in [-0.39, 0.29) is 135 Å². The first-order valence-corrected chi connectivity index (χ1v) is 30.5. The Kier molecular flexibility index (Phi) is 18.6. The molecule has 7 heterocycles. The molecule has 99 heavy (non-hydrogen) atoms. The summed E-state index contributed by atoms with van der Waals surface area (Å²) in [5, 5.41) is 25.5. The van der Waals surface area contributed by atoms with Gasteiger partial charge in [0.2, 0.25) is 5.91 Å². The summed E-state index contributed by atoms with van der Waals surface area (Å²) in [7, 11) is 1.18. The van der Waals surface area contributed by atoms with Gasteiger partial charge in [0.15, 0.2) is 52.4 Å². The number of nitrogens with zero attached hydrogens (tertiary/aromatic N) is 13. The molecule has 1 saturated heterocycles. The number of hydrogen-bond donors (Lipinski definition) is 10. The van der Waals surface area contributed by atoms with E-state index in [1.807, 2.05) is 0 Å². The standard InChI is InChI=1S/C24H24F2N8O.C22H20F2N8O.C20H17F2N7O2/c1-13(35)33-10-9-15(12-33)29-20-22(27)30-24(31-23(20)28)19-16-6-4-8-18(26)21(16)34(32-19)11-14-5-2-3-7-17(14)25;23-14-6-2-1-4-11(14)10-32-18-13(5-3-7-15(18)24)16(31-32)21-29-19(25)17(20(26)30-21)28-22(33)27-12-8-9-12;1-31-20(30)25-15-17(23)26-19(27-18(15)24)14-11-6-4-8-13(22)16(11)29(28-14)9-10-5-2-3-7-12(10)21/h2-8,15,29H,9-12H2,1H3,(H4,27,28,30,31);1-7,12H,8-10H2,(H2,27,28,33)(H4,25,26,29,30);2-8H,9H2,1H3,(H,25,30)(H4,23,24,26,27). The maximum atomic E-state index is 14.8. The van der Waals surface area contributed by atoms with Crippen LogP contribution in [0.1, 0.15) is 42.9 Å². The van der Waals surface area contributed by atoms with E-state index in [1.54, 1.807) is 83.8 Å². The Morgan fingerprint density at radius 1 is 0.455 bits per heavy atom. The molecule has 27 nitrogen and oxygen atoms in total. The Morgan fingerprint density at radius 2 is 0.798 bits per heavy atom. The van der Waals surface area contributed by atoms with Crippen molar-refractivity contribution in [2.24, 2.45) is 0 Å². The van der Waals surface area contributed by atoms with E-state index in [2.05, 4.69) is 71.2 Å². The quantitative estimate of drug-likeness (QED) is 0.0453. The zero-order valence-electron chi connectivity index (χ0n) is 52.6. The lowest BCUT2D eigenvalue weighted by Gasteiger charge is -2.18. The van der Waals surface area contributed by atoms with Crippen LogP contribution in [0, 0.1) is 34.9 Å². The van der Waals surface area contributed by atoms with E-state index in [0.717, 1.165) is 19.3 Å². The number of carbonyl (C=O) groups excluding carboxylic acids is 3. The fourth-order valence-electron chi connectivity index (χ4n) is 11.1. The molecule has 4 amide bonds. The molecule has 2 fully saturated rings. The summed E-state index contributed by atoms with van der Waals surface area (Å²) in [5.41, 5.74) is 39.1. The number of aromatic nitrogens is 12. The molecule has 16 N–H and O–H groups in total. The molecule has 0 bridgehead atoms. The SMILES string of the molecule is CC(=O)N1CCC(Nc2c(N)nc(-c3nn(Cc4ccccc4F)c4c(F)cccc34)nc2N)C1.COC(=O)Nc1c(N)nc(-c2nn(Cc3ccccc3F)c3c(F)cccc23)nc1N.Nc1nc(-c2nn(Cc3ccccc3F)c3c(F)cccc23)nc(N)c1NC(=O)NC1CC1. The summed E-state index contributed by atoms with van der Waals surface area (Å²) in [4.78, 5) is 62.5. The lowest BCUT2D eigenvalue weighted by atomic mass is 10.1. The second-order valence-electron chi connectivity index (χ2n) is 22.9. The number of nitrogen functional groups attached to an aromatic ring is 6. The molecule has 14 rings (SSSR count). The van der Waals surface area contributed by atoms with E-state index in [9.17, 15) is 40.7 Å². The Balaban J connectivity index is 0.000000141. The molecule has 33 heteroatoms. The number of methoxy groups -OCH3 is 1. The lowest BCUT2D eigenvalue weighted by molar-refractivity contribution is -0.127. The maximum absolute atomic E-state index is 14.8. The van der Waals surface area contributed by atoms with Crippen molar-refractivity contribution in [2.45, 2.75) is 57.9 Å². The molecule has 1 atom stereocenters. The average Bonchev–Trinajstić information content (AvgIpc) is 1.64. The summed E-state index contributed by atoms with van der Waals surface area (Å²) in [5.74, 6) is -2.78. The van der Waals surface area contributed by atoms with Crippen LogP contribution < -0.4 is 55.7 Å². The van der Waals surface area contributed by atoms with Gasteiger partial charge < -0.3 is 60.0 Å². The molecule has 1 saturated carbocycles. The third-order valence-electron chi connectivity index (χ3n) is 16.1. The number of ether oxygens (including phenoxy) is 1. The van der Waals surface area contributed by atoms with E-state index in [1.165, 1.54) is 76.6 Å². The van der Waals surface area contributed by atoms with Crippen molar-refractivity contribution in [3.63, 3.8) is 0 Å². The molecule has 6 aromatic carbocycles. The minimum atomic E-state index is -0.795. The fraction of sp³-hybridized carbons (Fsp3) is 0.182. The summed E-state index contributed by atoms with van der Waals surface area (Å²) in [6.45, 7) is 2.70. The Morgan fingerprint density at radius 3 is 1.13 bits per heavy atom. The summed E-state index contributed by atoms with van der Waals surface area (Å²) in [6.07, 6.45) is 1.79. The van der Waals surface area contributed by atoms with Crippen molar-refractivity contribution in [2.75, 3.05) is 70.6 Å². The van der Waals surface area contributed by atoms with Gasteiger partial charge in [0.1, 0.15) is 85.6 Å². The molecule has 1 unspecified atom stereocenters. The zero-order valence-corrected chi connectivity index (χ0v) is 52.6. The van der Waals surface area contributed by atoms with Gasteiger partial charge in [-0.15, -0.1) is 0 Å². The van der Waals surface area contributed by atoms with Gasteiger partial charge >= 0.3 is 12.1 Å². The third kappa shape index (κ3) is 14.1. The van der Waals surface area contributed by atoms with E-state index in [4.69, 9.17) is 34.4 Å². The zero-order chi connectivity index (χ0) is 69.9. The van der Waals surface area contributed by atoms with Gasteiger partial charge in [0.05, 0.1) is 26.7 Å². The third-order valence-corrected chi connectivity index (χ3v) is 16.1. The van der Waals surface area contributed by atoms with Crippen LogP contribution in [-0.2, 0) is 29.2 Å². The van der Waals surface area contributed by atoms with Crippen LogP contribution in [-0.4, -0.2) is 114 Å². The normalized spacial score (nSPS) is 13.4. The number of nitrogens with two attached hydrogens (primary N) is 6. The minimum Gasteiger partial charge on any atom is -0.453 e. The van der Waals surface area contributed by atoms with Crippen LogP contribution in [0.15, 0.2) is 127 Å². The van der Waals surface area contributed by atoms with Gasteiger partial charge in [-0.05, 0) is 55.7 Å². The van der Waals surface area contributed by atoms with Crippen molar-refractivity contribution in [3.8, 4) is 34.6 Å². The summed E-state index contributed by atoms with van der Waals surface area (Å²) < 4.78 is 95.5. The molecular formula is C66H61F6N23O4. The highest BCUT2D eigenvalue weighted by Crippen LogP contribution is 2.37. The molecular weight excluding hydrogens is 1290 g/mol. The number of amides is 4. The summed E-state index contributed by atoms with van der Waals surface area (Å²) >= 11 is 0. The fourth-order valence-corrected chi connectivity index (χ4v) is 11.1. The molecule has 6 aromatic heterocycles. The minimum absolute atomic E-state index is 0.00392. The first-order valence-electron chi connectivity index (χ1n) is 30.5. The van der Waals surface area contributed by atoms with Crippen LogP contribution in [0.3, 0.4) is 0 Å². The average molecular weight is 1350 g/mol. The number of likely N-dealkylation sites (tertiary alicyclic amines) is 1. The first-order chi connectivity index (χ1) is 47.6. The molecule has 2 aliphatic rings. The van der Waals surface area contributed by atoms with Crippen LogP contribution in [0.5, 0.6) is 0 Å². The van der Waals surface area contributed by atoms with Gasteiger partial charge in [-0.2, -0.15) is 15.3 Å². The second-order valence-corrected chi connectivity index (χ2v) is 22.9. The number of halogens is 6. The highest BCUT2D eigenvalue weighted by atomic mass is 19.1. The predicted octanol–water partition coefficient (Wildman–Crippen LogP) is 9.45.